The summed E-state index contributed by atoms with van der Waals surface area (Å²) in [6.45, 7) is -2.00. The van der Waals surface area contributed by atoms with Gasteiger partial charge in [-0.2, -0.15) is 0 Å². The average molecular weight is 188 g/mol. The van der Waals surface area contributed by atoms with Crippen LogP contribution in [0.2, 0.25) is 0 Å². The average Bonchev–Trinajstić information content (AvgIpc) is 2.15. The van der Waals surface area contributed by atoms with Crippen LogP contribution in [0.1, 0.15) is 31.6 Å². The molecule has 0 unspecified atom stereocenters. The predicted molar refractivity (Wildman–Crippen MR) is 46.1 cm³/mol. The van der Waals surface area contributed by atoms with Crippen molar-refractivity contribution in [3.63, 3.8) is 0 Å². The fourth-order valence-corrected chi connectivity index (χ4v) is 0.805. The second-order valence-electron chi connectivity index (χ2n) is 2.45. The highest BCUT2D eigenvalue weighted by Crippen LogP contribution is 2.28. The van der Waals surface area contributed by atoms with Gasteiger partial charge in [-0.25, -0.2) is 0 Å². The summed E-state index contributed by atoms with van der Waals surface area (Å²) in [6, 6.07) is 0. The molecule has 0 rings (SSSR count). The largest absolute Gasteiger partial charge is 0.480 e. The topological polar surface area (TPSA) is 74.6 Å². The standard InChI is InChI=1S/C9H12O4/c1-3-5-9(6-4-2,7(10)11)8(12)13/h1H,4-6H2,2H3,(H,10,11)(H,12,13)/i2D2,4D2. The summed E-state index contributed by atoms with van der Waals surface area (Å²) in [6.07, 6.45) is 0.591. The molecule has 0 aromatic carbocycles. The van der Waals surface area contributed by atoms with Crippen LogP contribution in [0.5, 0.6) is 0 Å². The zero-order chi connectivity index (χ0) is 13.9. The molecule has 0 bridgehead atoms. The van der Waals surface area contributed by atoms with E-state index in [-0.39, 0.29) is 0 Å². The lowest BCUT2D eigenvalue weighted by atomic mass is 9.80. The zero-order valence-electron chi connectivity index (χ0n) is 10.8. The summed E-state index contributed by atoms with van der Waals surface area (Å²) < 4.78 is 28.5. The van der Waals surface area contributed by atoms with E-state index in [4.69, 9.17) is 22.1 Å². The first kappa shape index (κ1) is 6.03. The molecule has 0 atom stereocenters. The Morgan fingerprint density at radius 1 is 1.62 bits per heavy atom. The van der Waals surface area contributed by atoms with Crippen LogP contribution in [0, 0.1) is 17.8 Å². The zero-order valence-corrected chi connectivity index (χ0v) is 6.78. The highest BCUT2D eigenvalue weighted by atomic mass is 16.4. The van der Waals surface area contributed by atoms with Crippen molar-refractivity contribution >= 4 is 11.9 Å². The maximum absolute atomic E-state index is 11.0. The molecule has 0 spiro atoms. The van der Waals surface area contributed by atoms with Crippen LogP contribution < -0.4 is 0 Å². The molecule has 13 heavy (non-hydrogen) atoms. The maximum Gasteiger partial charge on any atom is 0.322 e. The fourth-order valence-electron chi connectivity index (χ4n) is 0.805. The highest BCUT2D eigenvalue weighted by Gasteiger charge is 2.44. The van der Waals surface area contributed by atoms with E-state index < -0.39 is 43.4 Å². The summed E-state index contributed by atoms with van der Waals surface area (Å²) in [5.74, 6) is -1.66. The van der Waals surface area contributed by atoms with E-state index in [2.05, 4.69) is 0 Å². The van der Waals surface area contributed by atoms with Crippen LogP contribution in [0.25, 0.3) is 0 Å². The van der Waals surface area contributed by atoms with Gasteiger partial charge in [0.2, 0.25) is 0 Å². The Morgan fingerprint density at radius 2 is 2.15 bits per heavy atom. The van der Waals surface area contributed by atoms with Crippen molar-refractivity contribution < 1.29 is 25.3 Å². The monoisotopic (exact) mass is 188 g/mol. The third kappa shape index (κ3) is 2.22. The molecular weight excluding hydrogens is 172 g/mol. The summed E-state index contributed by atoms with van der Waals surface area (Å²) >= 11 is 0. The lowest BCUT2D eigenvalue weighted by Crippen LogP contribution is -2.38. The number of hydrogen-bond acceptors (Lipinski definition) is 2. The third-order valence-electron chi connectivity index (χ3n) is 1.63. The Labute approximate surface area is 82.2 Å². The van der Waals surface area contributed by atoms with E-state index in [1.165, 1.54) is 0 Å². The van der Waals surface area contributed by atoms with Crippen molar-refractivity contribution in [3.8, 4) is 12.3 Å². The Balaban J connectivity index is 5.42. The first-order chi connectivity index (χ1) is 7.60. The Hall–Kier alpha value is -1.50. The van der Waals surface area contributed by atoms with Crippen LogP contribution in [-0.4, -0.2) is 22.2 Å². The van der Waals surface area contributed by atoms with E-state index in [9.17, 15) is 9.59 Å². The number of carbonyl (C=O) groups is 2. The molecule has 4 heteroatoms. The summed E-state index contributed by atoms with van der Waals surface area (Å²) in [5, 5.41) is 17.8. The number of aliphatic carboxylic acids is 2. The van der Waals surface area contributed by atoms with Gasteiger partial charge in [-0.15, -0.1) is 12.3 Å². The second-order valence-corrected chi connectivity index (χ2v) is 2.45. The molecule has 0 radical (unpaired) electrons. The molecule has 4 nitrogen and oxygen atoms in total. The Morgan fingerprint density at radius 3 is 2.46 bits per heavy atom. The molecule has 0 fully saturated rings. The first-order valence-corrected chi connectivity index (χ1v) is 3.35. The van der Waals surface area contributed by atoms with Crippen molar-refractivity contribution in [2.75, 3.05) is 0 Å². The number of terminal acetylenes is 1. The van der Waals surface area contributed by atoms with Gasteiger partial charge in [0.05, 0.1) is 0 Å². The van der Waals surface area contributed by atoms with Gasteiger partial charge in [-0.3, -0.25) is 9.59 Å². The van der Waals surface area contributed by atoms with Crippen LogP contribution in [0.3, 0.4) is 0 Å². The molecule has 72 valence electrons. The van der Waals surface area contributed by atoms with Crippen molar-refractivity contribution in [2.45, 2.75) is 26.1 Å². The van der Waals surface area contributed by atoms with Crippen molar-refractivity contribution in [1.82, 2.24) is 0 Å². The first-order valence-electron chi connectivity index (χ1n) is 5.50. The fraction of sp³-hybridized carbons (Fsp3) is 0.556. The predicted octanol–water partition coefficient (Wildman–Crippen LogP) is 0.965. The van der Waals surface area contributed by atoms with Gasteiger partial charge in [0, 0.05) is 11.9 Å². The molecule has 0 aliphatic heterocycles. The van der Waals surface area contributed by atoms with Crippen LogP contribution in [-0.2, 0) is 9.59 Å². The smallest absolute Gasteiger partial charge is 0.322 e. The van der Waals surface area contributed by atoms with Gasteiger partial charge < -0.3 is 10.2 Å². The molecule has 0 saturated carbocycles. The van der Waals surface area contributed by atoms with E-state index in [1.54, 1.807) is 0 Å². The molecule has 0 heterocycles. The van der Waals surface area contributed by atoms with Gasteiger partial charge >= 0.3 is 11.9 Å². The van der Waals surface area contributed by atoms with Crippen LogP contribution in [0.4, 0.5) is 0 Å². The molecular formula is C9H12O4. The maximum atomic E-state index is 11.0. The minimum Gasteiger partial charge on any atom is -0.480 e. The van der Waals surface area contributed by atoms with Gasteiger partial charge in [0.25, 0.3) is 0 Å². The Bertz CT molecular complexity index is 344. The lowest BCUT2D eigenvalue weighted by molar-refractivity contribution is -0.164. The minimum absolute atomic E-state index is 0.704. The van der Waals surface area contributed by atoms with Crippen LogP contribution in [0.15, 0.2) is 0 Å². The van der Waals surface area contributed by atoms with Gasteiger partial charge in [-0.1, -0.05) is 13.2 Å². The summed E-state index contributed by atoms with van der Waals surface area (Å²) in [5.41, 5.74) is -2.50. The number of hydrogen-bond donors (Lipinski definition) is 2. The molecule has 0 aliphatic rings. The van der Waals surface area contributed by atoms with E-state index in [0.29, 0.717) is 0 Å². The van der Waals surface area contributed by atoms with E-state index in [0.717, 1.165) is 0 Å². The number of carboxylic acid groups (broad SMARTS) is 2. The second kappa shape index (κ2) is 4.51. The molecule has 0 amide bonds. The lowest BCUT2D eigenvalue weighted by Gasteiger charge is -2.21. The molecule has 0 aromatic rings. The van der Waals surface area contributed by atoms with Crippen molar-refractivity contribution in [2.24, 2.45) is 5.41 Å². The van der Waals surface area contributed by atoms with Gasteiger partial charge in [-0.05, 0) is 6.42 Å². The summed E-state index contributed by atoms with van der Waals surface area (Å²) in [7, 11) is 0. The minimum atomic E-state index is -2.58. The van der Waals surface area contributed by atoms with Crippen LogP contribution >= 0.6 is 0 Å². The highest BCUT2D eigenvalue weighted by molar-refractivity contribution is 5.98. The number of carboxylic acids is 2. The van der Waals surface area contributed by atoms with E-state index >= 15 is 0 Å². The molecule has 2 N–H and O–H groups in total. The van der Waals surface area contributed by atoms with E-state index in [1.807, 2.05) is 5.92 Å². The normalized spacial score (nSPS) is 16.3. The molecule has 0 aliphatic carbocycles. The molecule has 0 saturated heterocycles. The SMILES string of the molecule is [2H]C([2H])C([2H])([2H])CC(CC#C)(C(=O)O)C(=O)O. The Kier molecular flexibility index (Phi) is 2.09. The van der Waals surface area contributed by atoms with Gasteiger partial charge in [0.15, 0.2) is 5.41 Å². The molecule has 0 aromatic heterocycles. The van der Waals surface area contributed by atoms with Gasteiger partial charge in [0.1, 0.15) is 0 Å². The third-order valence-corrected chi connectivity index (χ3v) is 1.63. The van der Waals surface area contributed by atoms with Crippen molar-refractivity contribution in [3.05, 3.63) is 0 Å². The quantitative estimate of drug-likeness (QED) is 0.498. The summed E-state index contributed by atoms with van der Waals surface area (Å²) in [4.78, 5) is 22.0. The number of rotatable bonds is 5. The van der Waals surface area contributed by atoms with Crippen molar-refractivity contribution in [1.29, 1.82) is 0 Å².